The van der Waals surface area contributed by atoms with E-state index >= 15 is 0 Å². The van der Waals surface area contributed by atoms with Crippen LogP contribution in [0.25, 0.3) is 0 Å². The average Bonchev–Trinajstić information content (AvgIpc) is 2.81. The molecule has 0 aliphatic rings. The summed E-state index contributed by atoms with van der Waals surface area (Å²) in [5.74, 6) is 0.942. The van der Waals surface area contributed by atoms with Crippen LogP contribution in [-0.4, -0.2) is 34.2 Å². The van der Waals surface area contributed by atoms with Crippen LogP contribution in [0.15, 0.2) is 72.8 Å². The molecule has 1 N–H and O–H groups in total. The second kappa shape index (κ2) is 11.8. The smallest absolute Gasteiger partial charge is 0.232 e. The van der Waals surface area contributed by atoms with Crippen LogP contribution in [0.5, 0.6) is 11.5 Å². The van der Waals surface area contributed by atoms with Crippen molar-refractivity contribution in [2.24, 2.45) is 0 Å². The maximum Gasteiger partial charge on any atom is 0.232 e. The number of nitrogens with zero attached hydrogens (tertiary/aromatic N) is 1. The summed E-state index contributed by atoms with van der Waals surface area (Å²) in [6, 6.07) is 21.7. The summed E-state index contributed by atoms with van der Waals surface area (Å²) in [6.07, 6.45) is 1.61. The number of halogens is 1. The minimum Gasteiger partial charge on any atom is -0.495 e. The van der Waals surface area contributed by atoms with Gasteiger partial charge in [-0.2, -0.15) is 0 Å². The molecule has 1 amide bonds. The summed E-state index contributed by atoms with van der Waals surface area (Å²) in [6.45, 7) is 0.601. The Hall–Kier alpha value is -3.23. The van der Waals surface area contributed by atoms with Crippen molar-refractivity contribution in [2.45, 2.75) is 19.4 Å². The van der Waals surface area contributed by atoms with Crippen molar-refractivity contribution in [2.75, 3.05) is 29.5 Å². The molecule has 34 heavy (non-hydrogen) atoms. The van der Waals surface area contributed by atoms with Crippen molar-refractivity contribution >= 4 is 38.9 Å². The van der Waals surface area contributed by atoms with Crippen LogP contribution < -0.4 is 19.1 Å². The molecule has 0 radical (unpaired) electrons. The highest BCUT2D eigenvalue weighted by Crippen LogP contribution is 2.30. The van der Waals surface area contributed by atoms with Gasteiger partial charge in [-0.25, -0.2) is 8.42 Å². The lowest BCUT2D eigenvalue weighted by atomic mass is 10.2. The molecule has 0 saturated carbocycles. The number of anilines is 2. The number of carbonyl (C=O) groups is 1. The molecule has 180 valence electrons. The summed E-state index contributed by atoms with van der Waals surface area (Å²) in [7, 11) is -2.07. The number of hydrogen-bond acceptors (Lipinski definition) is 5. The molecule has 0 aliphatic carbocycles. The fourth-order valence-corrected chi connectivity index (χ4v) is 4.49. The Morgan fingerprint density at radius 3 is 2.35 bits per heavy atom. The minimum atomic E-state index is -3.55. The summed E-state index contributed by atoms with van der Waals surface area (Å²) in [5.41, 5.74) is 2.12. The first-order valence-corrected chi connectivity index (χ1v) is 12.9. The maximum absolute atomic E-state index is 12.4. The van der Waals surface area contributed by atoms with Gasteiger partial charge in [-0.05, 0) is 54.4 Å². The highest BCUT2D eigenvalue weighted by Gasteiger charge is 2.19. The zero-order chi connectivity index (χ0) is 24.6. The monoisotopic (exact) mass is 502 g/mol. The lowest BCUT2D eigenvalue weighted by molar-refractivity contribution is -0.116. The van der Waals surface area contributed by atoms with E-state index in [9.17, 15) is 13.2 Å². The Balaban J connectivity index is 1.51. The van der Waals surface area contributed by atoms with Gasteiger partial charge in [-0.15, -0.1) is 0 Å². The second-order valence-electron chi connectivity index (χ2n) is 7.60. The predicted molar refractivity (Wildman–Crippen MR) is 135 cm³/mol. The van der Waals surface area contributed by atoms with Crippen molar-refractivity contribution in [1.29, 1.82) is 0 Å². The first-order valence-electron chi connectivity index (χ1n) is 10.6. The molecule has 0 saturated heterocycles. The van der Waals surface area contributed by atoms with Crippen LogP contribution in [0.2, 0.25) is 5.02 Å². The number of sulfonamides is 1. The van der Waals surface area contributed by atoms with E-state index in [0.717, 1.165) is 11.8 Å². The molecule has 3 aromatic rings. The number of hydrogen-bond donors (Lipinski definition) is 1. The summed E-state index contributed by atoms with van der Waals surface area (Å²) < 4.78 is 36.6. The summed E-state index contributed by atoms with van der Waals surface area (Å²) in [5, 5.41) is 3.13. The average molecular weight is 503 g/mol. The van der Waals surface area contributed by atoms with Gasteiger partial charge in [0.15, 0.2) is 0 Å². The Morgan fingerprint density at radius 2 is 1.74 bits per heavy atom. The Morgan fingerprint density at radius 1 is 1.03 bits per heavy atom. The molecule has 7 nitrogen and oxygen atoms in total. The van der Waals surface area contributed by atoms with Gasteiger partial charge in [-0.3, -0.25) is 9.10 Å². The van der Waals surface area contributed by atoms with Crippen LogP contribution >= 0.6 is 11.6 Å². The topological polar surface area (TPSA) is 84.9 Å². The van der Waals surface area contributed by atoms with Crippen LogP contribution in [0, 0.1) is 0 Å². The molecule has 0 spiro atoms. The standard InChI is InChI=1S/C25H27ClN2O5S/c1-32-24-15-12-21(17-23(24)26)28(34(2,30)31)16-6-9-25(29)27-20-10-13-22(14-11-20)33-18-19-7-4-3-5-8-19/h3-5,7-8,10-15,17H,6,9,16,18H2,1-2H3,(H,27,29). The lowest BCUT2D eigenvalue weighted by Crippen LogP contribution is -2.31. The highest BCUT2D eigenvalue weighted by molar-refractivity contribution is 7.92. The van der Waals surface area contributed by atoms with Crippen LogP contribution in [0.3, 0.4) is 0 Å². The van der Waals surface area contributed by atoms with Gasteiger partial charge in [-0.1, -0.05) is 41.9 Å². The zero-order valence-corrected chi connectivity index (χ0v) is 20.6. The van der Waals surface area contributed by atoms with E-state index in [-0.39, 0.29) is 18.9 Å². The molecular weight excluding hydrogens is 476 g/mol. The number of rotatable bonds is 11. The lowest BCUT2D eigenvalue weighted by Gasteiger charge is -2.23. The van der Waals surface area contributed by atoms with Crippen molar-refractivity contribution in [3.8, 4) is 11.5 Å². The molecule has 3 aromatic carbocycles. The Bertz CT molecular complexity index is 1200. The molecule has 0 aliphatic heterocycles. The quantitative estimate of drug-likeness (QED) is 0.393. The number of carbonyl (C=O) groups excluding carboxylic acids is 1. The van der Waals surface area contributed by atoms with Gasteiger partial charge in [0.1, 0.15) is 18.1 Å². The highest BCUT2D eigenvalue weighted by atomic mass is 35.5. The fraction of sp³-hybridized carbons (Fsp3) is 0.240. The van der Waals surface area contributed by atoms with E-state index in [1.54, 1.807) is 36.4 Å². The third-order valence-electron chi connectivity index (χ3n) is 4.98. The summed E-state index contributed by atoms with van der Waals surface area (Å²) >= 11 is 6.14. The van der Waals surface area contributed by atoms with Gasteiger partial charge in [0, 0.05) is 18.7 Å². The van der Waals surface area contributed by atoms with Crippen molar-refractivity contribution in [3.63, 3.8) is 0 Å². The predicted octanol–water partition coefficient (Wildman–Crippen LogP) is 5.11. The molecule has 0 bridgehead atoms. The van der Waals surface area contributed by atoms with E-state index < -0.39 is 10.0 Å². The molecule has 0 unspecified atom stereocenters. The van der Waals surface area contributed by atoms with Crippen molar-refractivity contribution < 1.29 is 22.7 Å². The van der Waals surface area contributed by atoms with E-state index in [1.807, 2.05) is 30.3 Å². The largest absolute Gasteiger partial charge is 0.495 e. The molecule has 0 atom stereocenters. The SMILES string of the molecule is COc1ccc(N(CCCC(=O)Nc2ccc(OCc3ccccc3)cc2)S(C)(=O)=O)cc1Cl. The van der Waals surface area contributed by atoms with Gasteiger partial charge in [0.25, 0.3) is 0 Å². The normalized spacial score (nSPS) is 11.0. The maximum atomic E-state index is 12.4. The number of amides is 1. The van der Waals surface area contributed by atoms with E-state index in [0.29, 0.717) is 40.9 Å². The first kappa shape index (κ1) is 25.4. The second-order valence-corrected chi connectivity index (χ2v) is 9.92. The van der Waals surface area contributed by atoms with Crippen LogP contribution in [0.1, 0.15) is 18.4 Å². The Labute approximate surface area is 205 Å². The number of benzene rings is 3. The Kier molecular flexibility index (Phi) is 8.79. The molecule has 0 heterocycles. The number of nitrogens with one attached hydrogen (secondary N) is 1. The molecule has 0 fully saturated rings. The molecule has 0 aromatic heterocycles. The van der Waals surface area contributed by atoms with Crippen LogP contribution in [0.4, 0.5) is 11.4 Å². The van der Waals surface area contributed by atoms with Gasteiger partial charge < -0.3 is 14.8 Å². The van der Waals surface area contributed by atoms with E-state index in [4.69, 9.17) is 21.1 Å². The minimum absolute atomic E-state index is 0.140. The van der Waals surface area contributed by atoms with E-state index in [1.165, 1.54) is 17.5 Å². The molecule has 9 heteroatoms. The number of ether oxygens (including phenoxy) is 2. The van der Waals surface area contributed by atoms with E-state index in [2.05, 4.69) is 5.32 Å². The van der Waals surface area contributed by atoms with Gasteiger partial charge in [0.2, 0.25) is 15.9 Å². The third-order valence-corrected chi connectivity index (χ3v) is 6.46. The zero-order valence-electron chi connectivity index (χ0n) is 19.0. The first-order chi connectivity index (χ1) is 16.3. The van der Waals surface area contributed by atoms with Crippen molar-refractivity contribution in [3.05, 3.63) is 83.4 Å². The third kappa shape index (κ3) is 7.40. The number of methoxy groups -OCH3 is 1. The van der Waals surface area contributed by atoms with Gasteiger partial charge >= 0.3 is 0 Å². The summed E-state index contributed by atoms with van der Waals surface area (Å²) in [4.78, 5) is 12.4. The van der Waals surface area contributed by atoms with Gasteiger partial charge in [0.05, 0.1) is 24.1 Å². The van der Waals surface area contributed by atoms with Crippen molar-refractivity contribution in [1.82, 2.24) is 0 Å². The molecular formula is C25H27ClN2O5S. The fourth-order valence-electron chi connectivity index (χ4n) is 3.28. The van der Waals surface area contributed by atoms with Crippen LogP contribution in [-0.2, 0) is 21.4 Å². The molecule has 3 rings (SSSR count).